The summed E-state index contributed by atoms with van der Waals surface area (Å²) in [6.45, 7) is 1.37. The molecule has 5 rings (SSSR count). The minimum absolute atomic E-state index is 0.0266. The van der Waals surface area contributed by atoms with Crippen LogP contribution in [0.5, 0.6) is 23.0 Å². The van der Waals surface area contributed by atoms with Gasteiger partial charge in [0.1, 0.15) is 11.5 Å². The first-order chi connectivity index (χ1) is 13.2. The first kappa shape index (κ1) is 16.3. The van der Waals surface area contributed by atoms with Gasteiger partial charge in [0.2, 0.25) is 12.7 Å². The molecule has 2 aromatic carbocycles. The number of nitrogens with one attached hydrogen (secondary N) is 1. The van der Waals surface area contributed by atoms with Crippen LogP contribution in [0.1, 0.15) is 24.0 Å². The number of rotatable bonds is 4. The van der Waals surface area contributed by atoms with E-state index in [9.17, 15) is 4.79 Å². The van der Waals surface area contributed by atoms with Gasteiger partial charge in [-0.25, -0.2) is 0 Å². The van der Waals surface area contributed by atoms with Crippen molar-refractivity contribution >= 4 is 5.91 Å². The number of ether oxygens (including phenoxy) is 4. The molecular formula is C21H21NO5. The van der Waals surface area contributed by atoms with Gasteiger partial charge in [-0.3, -0.25) is 4.79 Å². The van der Waals surface area contributed by atoms with E-state index in [1.54, 1.807) is 7.11 Å². The molecule has 0 saturated heterocycles. The number of benzene rings is 2. The fourth-order valence-electron chi connectivity index (χ4n) is 4.22. The molecule has 1 aliphatic carbocycles. The monoisotopic (exact) mass is 367 g/mol. The molecule has 1 spiro atoms. The van der Waals surface area contributed by atoms with Crippen LogP contribution in [0.2, 0.25) is 0 Å². The zero-order valence-corrected chi connectivity index (χ0v) is 15.1. The van der Waals surface area contributed by atoms with Crippen LogP contribution in [0.25, 0.3) is 0 Å². The summed E-state index contributed by atoms with van der Waals surface area (Å²) in [5.74, 6) is 3.21. The third kappa shape index (κ3) is 2.67. The molecule has 0 radical (unpaired) electrons. The Hall–Kier alpha value is -2.89. The van der Waals surface area contributed by atoms with Gasteiger partial charge in [-0.2, -0.15) is 0 Å². The molecule has 2 aromatic rings. The Morgan fingerprint density at radius 3 is 2.89 bits per heavy atom. The number of carbonyl (C=O) groups excluding carboxylic acids is 1. The van der Waals surface area contributed by atoms with Gasteiger partial charge < -0.3 is 24.3 Å². The van der Waals surface area contributed by atoms with Gasteiger partial charge in [-0.15, -0.1) is 0 Å². The molecule has 27 heavy (non-hydrogen) atoms. The van der Waals surface area contributed by atoms with Gasteiger partial charge >= 0.3 is 0 Å². The van der Waals surface area contributed by atoms with Gasteiger partial charge in [0.15, 0.2) is 11.5 Å². The highest BCUT2D eigenvalue weighted by Crippen LogP contribution is 2.61. The zero-order valence-electron chi connectivity index (χ0n) is 15.1. The number of hydrogen-bond donors (Lipinski definition) is 1. The molecule has 6 heteroatoms. The summed E-state index contributed by atoms with van der Waals surface area (Å²) in [5.41, 5.74) is 1.97. The Morgan fingerprint density at radius 1 is 1.15 bits per heavy atom. The Kier molecular flexibility index (Phi) is 3.67. The van der Waals surface area contributed by atoms with E-state index in [0.29, 0.717) is 13.2 Å². The molecule has 140 valence electrons. The average molecular weight is 367 g/mol. The molecule has 1 amide bonds. The lowest BCUT2D eigenvalue weighted by atomic mass is 9.87. The van der Waals surface area contributed by atoms with Crippen LogP contribution >= 0.6 is 0 Å². The molecule has 1 saturated carbocycles. The summed E-state index contributed by atoms with van der Waals surface area (Å²) in [4.78, 5) is 12.8. The molecular weight excluding hydrogens is 346 g/mol. The Balaban J connectivity index is 1.29. The lowest BCUT2D eigenvalue weighted by molar-refractivity contribution is -0.123. The van der Waals surface area contributed by atoms with E-state index in [0.717, 1.165) is 47.0 Å². The largest absolute Gasteiger partial charge is 0.497 e. The van der Waals surface area contributed by atoms with Crippen molar-refractivity contribution < 1.29 is 23.7 Å². The summed E-state index contributed by atoms with van der Waals surface area (Å²) in [5, 5.41) is 3.08. The molecule has 1 N–H and O–H groups in total. The number of fused-ring (bicyclic) bond motifs is 3. The molecule has 0 bridgehead atoms. The van der Waals surface area contributed by atoms with Crippen molar-refractivity contribution in [3.63, 3.8) is 0 Å². The molecule has 2 heterocycles. The van der Waals surface area contributed by atoms with Gasteiger partial charge in [0, 0.05) is 23.4 Å². The highest BCUT2D eigenvalue weighted by Gasteiger charge is 2.61. The summed E-state index contributed by atoms with van der Waals surface area (Å²) < 4.78 is 21.9. The van der Waals surface area contributed by atoms with Crippen molar-refractivity contribution in [3.8, 4) is 23.0 Å². The van der Waals surface area contributed by atoms with Crippen molar-refractivity contribution in [1.82, 2.24) is 5.32 Å². The molecule has 0 aromatic heterocycles. The van der Waals surface area contributed by atoms with Crippen molar-refractivity contribution in [2.45, 2.75) is 24.8 Å². The zero-order chi connectivity index (χ0) is 18.4. The van der Waals surface area contributed by atoms with E-state index < -0.39 is 0 Å². The van der Waals surface area contributed by atoms with Crippen LogP contribution in [-0.2, 0) is 16.8 Å². The van der Waals surface area contributed by atoms with E-state index in [1.807, 2.05) is 36.4 Å². The average Bonchev–Trinajstić information content (AvgIpc) is 3.22. The summed E-state index contributed by atoms with van der Waals surface area (Å²) in [6, 6.07) is 11.6. The van der Waals surface area contributed by atoms with Crippen molar-refractivity contribution in [2.24, 2.45) is 5.92 Å². The smallest absolute Gasteiger partial charge is 0.231 e. The number of carbonyl (C=O) groups is 1. The minimum atomic E-state index is -0.124. The van der Waals surface area contributed by atoms with Crippen molar-refractivity contribution in [3.05, 3.63) is 47.5 Å². The summed E-state index contributed by atoms with van der Waals surface area (Å²) in [6.07, 6.45) is 1.71. The predicted molar refractivity (Wildman–Crippen MR) is 97.3 cm³/mol. The summed E-state index contributed by atoms with van der Waals surface area (Å²) >= 11 is 0. The Bertz CT molecular complexity index is 911. The third-order valence-electron chi connectivity index (χ3n) is 5.82. The fraction of sp³-hybridized carbons (Fsp3) is 0.381. The van der Waals surface area contributed by atoms with E-state index in [-0.39, 0.29) is 24.0 Å². The van der Waals surface area contributed by atoms with E-state index in [2.05, 4.69) is 5.32 Å². The topological polar surface area (TPSA) is 66.0 Å². The second-order valence-corrected chi connectivity index (χ2v) is 7.28. The van der Waals surface area contributed by atoms with E-state index >= 15 is 0 Å². The quantitative estimate of drug-likeness (QED) is 0.900. The van der Waals surface area contributed by atoms with Gasteiger partial charge in [-0.1, -0.05) is 6.07 Å². The van der Waals surface area contributed by atoms with Crippen LogP contribution < -0.4 is 24.3 Å². The molecule has 2 aliphatic heterocycles. The van der Waals surface area contributed by atoms with Gasteiger partial charge in [0.25, 0.3) is 0 Å². The number of amides is 1. The lowest BCUT2D eigenvalue weighted by Crippen LogP contribution is -2.30. The Morgan fingerprint density at radius 2 is 2.00 bits per heavy atom. The normalized spacial score (nSPS) is 24.1. The molecule has 6 nitrogen and oxygen atoms in total. The molecule has 3 aliphatic rings. The first-order valence-electron chi connectivity index (χ1n) is 9.17. The fourth-order valence-corrected chi connectivity index (χ4v) is 4.22. The predicted octanol–water partition coefficient (Wildman–Crippen LogP) is 2.78. The first-order valence-corrected chi connectivity index (χ1v) is 9.17. The molecule has 2 atom stereocenters. The van der Waals surface area contributed by atoms with Crippen molar-refractivity contribution in [2.75, 3.05) is 20.5 Å². The molecule has 1 fully saturated rings. The molecule has 0 unspecified atom stereocenters. The van der Waals surface area contributed by atoms with Crippen molar-refractivity contribution in [1.29, 1.82) is 0 Å². The SMILES string of the molecule is COc1ccc2c(c1)[C@@]1(CCO2)C[C@@H]1C(=O)NCc1ccc2c(c1)OCO2. The van der Waals surface area contributed by atoms with Crippen LogP contribution in [0, 0.1) is 5.92 Å². The van der Waals surface area contributed by atoms with Gasteiger partial charge in [-0.05, 0) is 48.7 Å². The van der Waals surface area contributed by atoms with Crippen LogP contribution in [-0.4, -0.2) is 26.4 Å². The van der Waals surface area contributed by atoms with E-state index in [1.165, 1.54) is 0 Å². The number of methoxy groups -OCH3 is 1. The maximum Gasteiger partial charge on any atom is 0.231 e. The van der Waals surface area contributed by atoms with Gasteiger partial charge in [0.05, 0.1) is 13.7 Å². The maximum absolute atomic E-state index is 12.8. The maximum atomic E-state index is 12.8. The second kappa shape index (κ2) is 6.08. The highest BCUT2D eigenvalue weighted by molar-refractivity contribution is 5.85. The van der Waals surface area contributed by atoms with E-state index in [4.69, 9.17) is 18.9 Å². The third-order valence-corrected chi connectivity index (χ3v) is 5.82. The highest BCUT2D eigenvalue weighted by atomic mass is 16.7. The van der Waals surface area contributed by atoms with Crippen LogP contribution in [0.15, 0.2) is 36.4 Å². The standard InChI is InChI=1S/C21H21NO5/c1-24-14-3-5-17-15(9-14)21(6-7-25-17)10-16(21)20(23)22-11-13-2-4-18-19(8-13)27-12-26-18/h2-5,8-9,16H,6-7,10-12H2,1H3,(H,22,23)/t16-,21-/m1/s1. The summed E-state index contributed by atoms with van der Waals surface area (Å²) in [7, 11) is 1.65. The Labute approximate surface area is 157 Å². The minimum Gasteiger partial charge on any atom is -0.497 e. The van der Waals surface area contributed by atoms with Crippen LogP contribution in [0.3, 0.4) is 0 Å². The number of hydrogen-bond acceptors (Lipinski definition) is 5. The van der Waals surface area contributed by atoms with Crippen LogP contribution in [0.4, 0.5) is 0 Å². The lowest BCUT2D eigenvalue weighted by Gasteiger charge is -2.27. The second-order valence-electron chi connectivity index (χ2n) is 7.28.